The second-order valence-corrected chi connectivity index (χ2v) is 7.25. The molecule has 0 bridgehead atoms. The van der Waals surface area contributed by atoms with Gasteiger partial charge in [0.25, 0.3) is 5.91 Å². The number of amides is 1. The summed E-state index contributed by atoms with van der Waals surface area (Å²) in [6, 6.07) is 8.84. The van der Waals surface area contributed by atoms with Gasteiger partial charge in [-0.25, -0.2) is 9.37 Å². The normalized spacial score (nSPS) is 15.5. The van der Waals surface area contributed by atoms with Crippen LogP contribution in [-0.2, 0) is 12.8 Å². The number of anilines is 2. The van der Waals surface area contributed by atoms with Gasteiger partial charge >= 0.3 is 6.18 Å². The van der Waals surface area contributed by atoms with Crippen LogP contribution in [0.3, 0.4) is 0 Å². The number of hydrogen-bond acceptors (Lipinski definition) is 4. The molecule has 0 aliphatic carbocycles. The van der Waals surface area contributed by atoms with Crippen LogP contribution in [0.15, 0.2) is 48.7 Å². The standard InChI is InChI=1S/C21H14ClF4N3O2/c22-15-5-4-11(23)7-13(15)19-18-12(20(31)29-19)2-1-3-16(18)28-17-6-10(9-30)14(8-27-17)21(24,25)26/h1-8,19,30H,9H2,(H,27,28)(H,29,31). The van der Waals surface area contributed by atoms with Gasteiger partial charge in [-0.15, -0.1) is 0 Å². The van der Waals surface area contributed by atoms with Crippen LogP contribution in [-0.4, -0.2) is 16.0 Å². The van der Waals surface area contributed by atoms with Crippen molar-refractivity contribution in [1.29, 1.82) is 0 Å². The van der Waals surface area contributed by atoms with E-state index < -0.39 is 36.1 Å². The lowest BCUT2D eigenvalue weighted by atomic mass is 9.96. The van der Waals surface area contributed by atoms with Crippen molar-refractivity contribution in [3.05, 3.63) is 87.3 Å². The van der Waals surface area contributed by atoms with Crippen molar-refractivity contribution in [2.24, 2.45) is 0 Å². The maximum Gasteiger partial charge on any atom is 0.418 e. The second kappa shape index (κ2) is 7.82. The zero-order valence-corrected chi connectivity index (χ0v) is 16.4. The second-order valence-electron chi connectivity index (χ2n) is 6.85. The molecule has 160 valence electrons. The van der Waals surface area contributed by atoms with Gasteiger partial charge < -0.3 is 15.7 Å². The summed E-state index contributed by atoms with van der Waals surface area (Å²) in [7, 11) is 0. The molecule has 0 spiro atoms. The van der Waals surface area contributed by atoms with E-state index in [0.717, 1.165) is 6.07 Å². The highest BCUT2D eigenvalue weighted by Gasteiger charge is 2.35. The van der Waals surface area contributed by atoms with Crippen LogP contribution in [0.5, 0.6) is 0 Å². The molecule has 5 nitrogen and oxygen atoms in total. The number of carbonyl (C=O) groups is 1. The van der Waals surface area contributed by atoms with Gasteiger partial charge in [-0.1, -0.05) is 17.7 Å². The first kappa shape index (κ1) is 21.1. The lowest BCUT2D eigenvalue weighted by molar-refractivity contribution is -0.138. The molecule has 3 aromatic rings. The van der Waals surface area contributed by atoms with Crippen LogP contribution >= 0.6 is 11.6 Å². The van der Waals surface area contributed by atoms with Gasteiger partial charge in [0.15, 0.2) is 0 Å². The Bertz CT molecular complexity index is 1180. The van der Waals surface area contributed by atoms with Crippen molar-refractivity contribution in [3.63, 3.8) is 0 Å². The summed E-state index contributed by atoms with van der Waals surface area (Å²) in [5.41, 5.74) is 0.0743. The van der Waals surface area contributed by atoms with E-state index in [-0.39, 0.29) is 16.4 Å². The van der Waals surface area contributed by atoms with Crippen molar-refractivity contribution in [2.45, 2.75) is 18.8 Å². The SMILES string of the molecule is O=C1NC(c2cc(F)ccc2Cl)c2c(Nc3cc(CO)c(C(F)(F)F)cn3)cccc21. The quantitative estimate of drug-likeness (QED) is 0.490. The number of carbonyl (C=O) groups excluding carboxylic acids is 1. The number of rotatable bonds is 4. The summed E-state index contributed by atoms with van der Waals surface area (Å²) in [5, 5.41) is 15.2. The Morgan fingerprint density at radius 2 is 1.97 bits per heavy atom. The van der Waals surface area contributed by atoms with Gasteiger partial charge in [0.2, 0.25) is 0 Å². The van der Waals surface area contributed by atoms with Crippen molar-refractivity contribution < 1.29 is 27.5 Å². The smallest absolute Gasteiger partial charge is 0.392 e. The van der Waals surface area contributed by atoms with Gasteiger partial charge in [-0.2, -0.15) is 13.2 Å². The van der Waals surface area contributed by atoms with Gasteiger partial charge in [0, 0.05) is 33.6 Å². The van der Waals surface area contributed by atoms with Crippen molar-refractivity contribution in [1.82, 2.24) is 10.3 Å². The van der Waals surface area contributed by atoms with Gasteiger partial charge in [-0.3, -0.25) is 4.79 Å². The molecule has 31 heavy (non-hydrogen) atoms. The molecule has 1 amide bonds. The highest BCUT2D eigenvalue weighted by molar-refractivity contribution is 6.31. The van der Waals surface area contributed by atoms with E-state index in [1.807, 2.05) is 0 Å². The molecule has 4 rings (SSSR count). The molecule has 0 radical (unpaired) electrons. The number of halogens is 5. The third-order valence-corrected chi connectivity index (χ3v) is 5.26. The largest absolute Gasteiger partial charge is 0.418 e. The first-order valence-electron chi connectivity index (χ1n) is 9.01. The van der Waals surface area contributed by atoms with Crippen molar-refractivity contribution >= 4 is 29.0 Å². The minimum absolute atomic E-state index is 0.0360. The molecular formula is C21H14ClF4N3O2. The van der Waals surface area contributed by atoms with Crippen LogP contribution in [0.2, 0.25) is 5.02 Å². The summed E-state index contributed by atoms with van der Waals surface area (Å²) >= 11 is 6.22. The first-order chi connectivity index (χ1) is 14.7. The molecule has 1 aliphatic rings. The molecule has 2 heterocycles. The molecule has 1 aromatic heterocycles. The molecule has 3 N–H and O–H groups in total. The minimum Gasteiger partial charge on any atom is -0.392 e. The fourth-order valence-corrected chi connectivity index (χ4v) is 3.75. The summed E-state index contributed by atoms with van der Waals surface area (Å²) in [6.45, 7) is -0.833. The predicted octanol–water partition coefficient (Wildman–Crippen LogP) is 4.96. The lowest BCUT2D eigenvalue weighted by Gasteiger charge is -2.19. The van der Waals surface area contributed by atoms with Crippen molar-refractivity contribution in [2.75, 3.05) is 5.32 Å². The molecule has 0 saturated heterocycles. The number of hydrogen-bond donors (Lipinski definition) is 3. The minimum atomic E-state index is -4.66. The zero-order chi connectivity index (χ0) is 22.3. The number of aromatic nitrogens is 1. The number of alkyl halides is 3. The number of aliphatic hydroxyl groups is 1. The fourth-order valence-electron chi connectivity index (χ4n) is 3.52. The van der Waals surface area contributed by atoms with Crippen LogP contribution < -0.4 is 10.6 Å². The Hall–Kier alpha value is -3.17. The number of nitrogens with one attached hydrogen (secondary N) is 2. The maximum atomic E-state index is 13.8. The van der Waals surface area contributed by atoms with E-state index in [2.05, 4.69) is 15.6 Å². The van der Waals surface area contributed by atoms with Crippen LogP contribution in [0.25, 0.3) is 0 Å². The highest BCUT2D eigenvalue weighted by Crippen LogP contribution is 2.40. The highest BCUT2D eigenvalue weighted by atomic mass is 35.5. The van der Waals surface area contributed by atoms with Crippen molar-refractivity contribution in [3.8, 4) is 0 Å². The van der Waals surface area contributed by atoms with Crippen LogP contribution in [0, 0.1) is 5.82 Å². The van der Waals surface area contributed by atoms with E-state index in [0.29, 0.717) is 28.6 Å². The number of pyridine rings is 1. The monoisotopic (exact) mass is 451 g/mol. The summed E-state index contributed by atoms with van der Waals surface area (Å²) < 4.78 is 53.0. The first-order valence-corrected chi connectivity index (χ1v) is 9.39. The molecule has 0 saturated carbocycles. The number of fused-ring (bicyclic) bond motifs is 1. The van der Waals surface area contributed by atoms with E-state index in [1.54, 1.807) is 18.2 Å². The summed E-state index contributed by atoms with van der Waals surface area (Å²) in [6.07, 6.45) is -4.03. The van der Waals surface area contributed by atoms with Gasteiger partial charge in [0.05, 0.1) is 18.2 Å². The predicted molar refractivity (Wildman–Crippen MR) is 106 cm³/mol. The molecule has 1 unspecified atom stereocenters. The maximum absolute atomic E-state index is 13.8. The summed E-state index contributed by atoms with van der Waals surface area (Å²) in [5.74, 6) is -0.904. The Morgan fingerprint density at radius 1 is 1.19 bits per heavy atom. The van der Waals surface area contributed by atoms with E-state index in [1.165, 1.54) is 18.2 Å². The lowest BCUT2D eigenvalue weighted by Crippen LogP contribution is -2.20. The Balaban J connectivity index is 1.77. The molecule has 1 atom stereocenters. The Labute approximate surface area is 178 Å². The number of nitrogens with zero attached hydrogens (tertiary/aromatic N) is 1. The zero-order valence-electron chi connectivity index (χ0n) is 15.6. The summed E-state index contributed by atoms with van der Waals surface area (Å²) in [4.78, 5) is 16.2. The van der Waals surface area contributed by atoms with E-state index >= 15 is 0 Å². The van der Waals surface area contributed by atoms with Gasteiger partial charge in [-0.05, 0) is 42.0 Å². The molecule has 0 fully saturated rings. The van der Waals surface area contributed by atoms with Gasteiger partial charge in [0.1, 0.15) is 11.6 Å². The van der Waals surface area contributed by atoms with E-state index in [9.17, 15) is 27.5 Å². The molecule has 10 heteroatoms. The molecule has 2 aromatic carbocycles. The van der Waals surface area contributed by atoms with Crippen LogP contribution in [0.4, 0.5) is 29.1 Å². The Kier molecular flexibility index (Phi) is 5.32. The average molecular weight is 452 g/mol. The number of benzene rings is 2. The fraction of sp³-hybridized carbons (Fsp3) is 0.143. The third-order valence-electron chi connectivity index (χ3n) is 4.91. The van der Waals surface area contributed by atoms with E-state index in [4.69, 9.17) is 11.6 Å². The molecular weight excluding hydrogens is 438 g/mol. The van der Waals surface area contributed by atoms with Crippen LogP contribution in [0.1, 0.15) is 38.7 Å². The molecule has 1 aliphatic heterocycles. The Morgan fingerprint density at radius 3 is 2.68 bits per heavy atom. The average Bonchev–Trinajstić information content (AvgIpc) is 3.06. The third kappa shape index (κ3) is 3.94. The topological polar surface area (TPSA) is 74.2 Å². The number of aliphatic hydroxyl groups excluding tert-OH is 1.